The fourth-order valence-electron chi connectivity index (χ4n) is 13.1. The number of nitrogens with one attached hydrogen (secondary N) is 1. The minimum atomic E-state index is -0.421. The van der Waals surface area contributed by atoms with E-state index >= 15 is 0 Å². The molecule has 11 rings (SSSR count). The molecule has 5 amide bonds. The molecule has 0 aromatic carbocycles. The van der Waals surface area contributed by atoms with Gasteiger partial charge < -0.3 is 49.0 Å². The van der Waals surface area contributed by atoms with Crippen molar-refractivity contribution in [2.24, 2.45) is 39.4 Å². The molecule has 10 fully saturated rings. The van der Waals surface area contributed by atoms with E-state index in [-0.39, 0.29) is 89.8 Å². The van der Waals surface area contributed by atoms with Gasteiger partial charge in [0.25, 0.3) is 5.91 Å². The number of carbonyl (C=O) groups is 5. The minimum Gasteiger partial charge on any atom is -0.394 e. The summed E-state index contributed by atoms with van der Waals surface area (Å²) in [6, 6.07) is 1.16. The summed E-state index contributed by atoms with van der Waals surface area (Å²) in [5.41, 5.74) is -0.803. The summed E-state index contributed by atoms with van der Waals surface area (Å²) in [6.45, 7) is 35.1. The summed E-state index contributed by atoms with van der Waals surface area (Å²) in [5.74, 6) is 2.02. The smallest absolute Gasteiger partial charge is 0.252 e. The van der Waals surface area contributed by atoms with E-state index in [1.165, 1.54) is 0 Å². The first kappa shape index (κ1) is 49.4. The molecular weight excluding hydrogens is 805 g/mol. The van der Waals surface area contributed by atoms with Gasteiger partial charge in [-0.2, -0.15) is 0 Å². The highest BCUT2D eigenvalue weighted by Gasteiger charge is 2.83. The van der Waals surface area contributed by atoms with Crippen LogP contribution in [0.25, 0.3) is 0 Å². The van der Waals surface area contributed by atoms with Crippen LogP contribution in [0.15, 0.2) is 11.6 Å². The van der Waals surface area contributed by atoms with E-state index in [0.717, 1.165) is 25.0 Å². The van der Waals surface area contributed by atoms with Gasteiger partial charge in [-0.25, -0.2) is 0 Å². The SMILES string of the molecule is CC1(C)C2C(CO)NC(=O)C21C.CC1(C)OCC2C3C(C)(C)C3(C)C(=O)N21.CC1(C)OCC2CCC(=O)N21.CC1=CC2COC(C)(C)N2C1=O.CC1CC2COC(C)(C)N2C1=O.[B]. The van der Waals surface area contributed by atoms with Crippen LogP contribution in [-0.2, 0) is 42.9 Å². The van der Waals surface area contributed by atoms with Crippen molar-refractivity contribution >= 4 is 37.9 Å². The second-order valence-electron chi connectivity index (χ2n) is 22.9. The van der Waals surface area contributed by atoms with E-state index in [1.807, 2.05) is 102 Å². The summed E-state index contributed by atoms with van der Waals surface area (Å²) in [6.07, 6.45) is 4.62. The first-order valence-electron chi connectivity index (χ1n) is 22.8. The zero-order valence-electron chi connectivity index (χ0n) is 40.8. The average Bonchev–Trinajstić information content (AvgIpc) is 3.88. The number of aliphatic hydroxyl groups excluding tert-OH is 1. The fourth-order valence-corrected chi connectivity index (χ4v) is 13.1. The Kier molecular flexibility index (Phi) is 12.2. The molecule has 351 valence electrons. The molecule has 8 saturated heterocycles. The second kappa shape index (κ2) is 15.5. The van der Waals surface area contributed by atoms with E-state index < -0.39 is 11.4 Å². The van der Waals surface area contributed by atoms with E-state index in [0.29, 0.717) is 62.1 Å². The van der Waals surface area contributed by atoms with Crippen LogP contribution in [0.4, 0.5) is 0 Å². The largest absolute Gasteiger partial charge is 0.394 e. The van der Waals surface area contributed by atoms with Crippen LogP contribution >= 0.6 is 0 Å². The zero-order chi connectivity index (χ0) is 46.3. The summed E-state index contributed by atoms with van der Waals surface area (Å²) < 4.78 is 22.2. The number of rotatable bonds is 1. The quantitative estimate of drug-likeness (QED) is 0.368. The van der Waals surface area contributed by atoms with Crippen molar-refractivity contribution in [1.82, 2.24) is 24.9 Å². The van der Waals surface area contributed by atoms with Crippen molar-refractivity contribution < 1.29 is 48.0 Å². The first-order valence-corrected chi connectivity index (χ1v) is 22.8. The van der Waals surface area contributed by atoms with Crippen LogP contribution < -0.4 is 5.32 Å². The number of hydrogen-bond donors (Lipinski definition) is 2. The molecule has 0 aromatic heterocycles. The number of hydrogen-bond acceptors (Lipinski definition) is 10. The van der Waals surface area contributed by atoms with Gasteiger partial charge in [-0.15, -0.1) is 0 Å². The van der Waals surface area contributed by atoms with Crippen LogP contribution in [0.5, 0.6) is 0 Å². The Hall–Kier alpha value is -3.05. The molecule has 2 saturated carbocycles. The van der Waals surface area contributed by atoms with Gasteiger partial charge >= 0.3 is 0 Å². The molecule has 0 spiro atoms. The van der Waals surface area contributed by atoms with Gasteiger partial charge in [-0.1, -0.05) is 40.7 Å². The molecule has 3 radical (unpaired) electrons. The summed E-state index contributed by atoms with van der Waals surface area (Å²) in [4.78, 5) is 66.0. The maximum Gasteiger partial charge on any atom is 0.252 e. The molecule has 10 atom stereocenters. The van der Waals surface area contributed by atoms with Crippen LogP contribution in [0, 0.1) is 39.4 Å². The topological polar surface area (TPSA) is 167 Å². The van der Waals surface area contributed by atoms with Crippen molar-refractivity contribution in [3.8, 4) is 0 Å². The summed E-state index contributed by atoms with van der Waals surface area (Å²) >= 11 is 0. The lowest BCUT2D eigenvalue weighted by Crippen LogP contribution is -2.48. The molecule has 9 aliphatic heterocycles. The third-order valence-corrected chi connectivity index (χ3v) is 17.2. The number of amides is 5. The lowest BCUT2D eigenvalue weighted by Gasteiger charge is -2.34. The number of piperidine rings is 2. The molecule has 63 heavy (non-hydrogen) atoms. The van der Waals surface area contributed by atoms with Crippen molar-refractivity contribution in [2.75, 3.05) is 33.0 Å². The second-order valence-corrected chi connectivity index (χ2v) is 22.9. The van der Waals surface area contributed by atoms with E-state index in [2.05, 4.69) is 39.9 Å². The number of fused-ring (bicyclic) bond motifs is 7. The highest BCUT2D eigenvalue weighted by molar-refractivity contribution is 5.96. The van der Waals surface area contributed by atoms with Crippen LogP contribution in [0.1, 0.15) is 130 Å². The maximum absolute atomic E-state index is 12.4. The van der Waals surface area contributed by atoms with Crippen molar-refractivity contribution in [3.05, 3.63) is 11.6 Å². The zero-order valence-corrected chi connectivity index (χ0v) is 40.8. The summed E-state index contributed by atoms with van der Waals surface area (Å²) in [5, 5.41) is 11.8. The lowest BCUT2D eigenvalue weighted by atomic mass is 9.95. The number of ether oxygens (including phenoxy) is 4. The molecule has 9 heterocycles. The van der Waals surface area contributed by atoms with E-state index in [4.69, 9.17) is 24.1 Å². The highest BCUT2D eigenvalue weighted by Crippen LogP contribution is 2.76. The predicted octanol–water partition coefficient (Wildman–Crippen LogP) is 4.03. The normalized spacial score (nSPS) is 40.5. The van der Waals surface area contributed by atoms with E-state index in [9.17, 15) is 24.0 Å². The predicted molar refractivity (Wildman–Crippen MR) is 235 cm³/mol. The third-order valence-electron chi connectivity index (χ3n) is 17.2. The lowest BCUT2D eigenvalue weighted by molar-refractivity contribution is -0.149. The molecule has 16 heteroatoms. The van der Waals surface area contributed by atoms with E-state index in [1.54, 1.807) is 0 Å². The van der Waals surface area contributed by atoms with Crippen molar-refractivity contribution in [1.29, 1.82) is 0 Å². The van der Waals surface area contributed by atoms with Crippen LogP contribution in [-0.4, -0.2) is 149 Å². The Balaban J connectivity index is 0.000000131. The monoisotopic (exact) mass is 881 g/mol. The number of nitrogens with zero attached hydrogens (tertiary/aromatic N) is 4. The number of carbonyl (C=O) groups excluding carboxylic acids is 5. The van der Waals surface area contributed by atoms with Gasteiger partial charge in [-0.05, 0) is 99.8 Å². The summed E-state index contributed by atoms with van der Waals surface area (Å²) in [7, 11) is 0. The van der Waals surface area contributed by atoms with Gasteiger partial charge in [-0.3, -0.25) is 24.0 Å². The van der Waals surface area contributed by atoms with Gasteiger partial charge in [0.05, 0.1) is 74.1 Å². The molecular formula is C47H75BN5O10. The number of aliphatic hydroxyl groups is 1. The molecule has 0 aromatic rings. The molecule has 15 nitrogen and oxygen atoms in total. The van der Waals surface area contributed by atoms with Gasteiger partial charge in [0.2, 0.25) is 23.6 Å². The standard InChI is InChI=1S/C12H19NO2.C9H15NO2.C9H13NO2.C9H15NO2.C8H13NO2.B/c1-10(2)8-7-6-15-11(3,4)13(7)9(14)12(8,10)5;2*1-6-4-7-5-12-9(2,3)10(7)8(6)11;1-8(2)6-5(4-11)10-7(12)9(6,8)3;1-8(2)9-6(5-11-8)3-4-7(9)10;/h7-8H,6H2,1-5H3;6-7H,4-5H2,1-3H3;4,7H,5H2,1-3H3;5-6,11H,4H2,1-3H3,(H,10,12);6H,3-5H2,1-2H3;. The van der Waals surface area contributed by atoms with Crippen LogP contribution in [0.3, 0.4) is 0 Å². The Morgan fingerprint density at radius 3 is 1.68 bits per heavy atom. The fraction of sp³-hybridized carbons (Fsp3) is 0.851. The Labute approximate surface area is 377 Å². The minimum absolute atomic E-state index is 0. The Morgan fingerprint density at radius 2 is 1.17 bits per heavy atom. The van der Waals surface area contributed by atoms with Crippen LogP contribution in [0.2, 0.25) is 0 Å². The van der Waals surface area contributed by atoms with Crippen molar-refractivity contribution in [2.45, 2.75) is 183 Å². The molecule has 2 N–H and O–H groups in total. The molecule has 11 aliphatic rings. The van der Waals surface area contributed by atoms with Gasteiger partial charge in [0.1, 0.15) is 22.9 Å². The highest BCUT2D eigenvalue weighted by atomic mass is 16.5. The average molecular weight is 881 g/mol. The third kappa shape index (κ3) is 7.29. The van der Waals surface area contributed by atoms with Crippen molar-refractivity contribution in [3.63, 3.8) is 0 Å². The molecule has 2 aliphatic carbocycles. The maximum atomic E-state index is 12.4. The molecule has 10 unspecified atom stereocenters. The van der Waals surface area contributed by atoms with Gasteiger partial charge in [0.15, 0.2) is 0 Å². The molecule has 0 bridgehead atoms. The first-order chi connectivity index (χ1) is 28.4. The van der Waals surface area contributed by atoms with Gasteiger partial charge in [0, 0.05) is 38.2 Å². The Morgan fingerprint density at radius 1 is 0.667 bits per heavy atom. The Bertz CT molecular complexity index is 1920.